The molecule has 5 heteroatoms. The van der Waals surface area contributed by atoms with Gasteiger partial charge in [-0.05, 0) is 49.6 Å². The standard InChI is InChI=1S/C18H20F2N2O/c1-11-4-5-14(8-12(11)2)13(3)22-18(23)10-21-15-6-7-16(19)17(20)9-15/h4-9,13,21H,10H2,1-3H3,(H,22,23). The lowest BCUT2D eigenvalue weighted by Gasteiger charge is -2.16. The van der Waals surface area contributed by atoms with E-state index in [-0.39, 0.29) is 18.5 Å². The van der Waals surface area contributed by atoms with E-state index in [9.17, 15) is 13.6 Å². The van der Waals surface area contributed by atoms with Gasteiger partial charge >= 0.3 is 0 Å². The third-order valence-corrected chi connectivity index (χ3v) is 3.78. The smallest absolute Gasteiger partial charge is 0.239 e. The van der Waals surface area contributed by atoms with Gasteiger partial charge in [0.15, 0.2) is 11.6 Å². The fraction of sp³-hybridized carbons (Fsp3) is 0.278. The van der Waals surface area contributed by atoms with Gasteiger partial charge in [-0.15, -0.1) is 0 Å². The van der Waals surface area contributed by atoms with Gasteiger partial charge in [-0.2, -0.15) is 0 Å². The number of rotatable bonds is 5. The molecule has 2 aromatic rings. The number of carbonyl (C=O) groups excluding carboxylic acids is 1. The molecule has 122 valence electrons. The number of carbonyl (C=O) groups is 1. The second kappa shape index (κ2) is 7.22. The Bertz CT molecular complexity index is 716. The highest BCUT2D eigenvalue weighted by Gasteiger charge is 2.10. The summed E-state index contributed by atoms with van der Waals surface area (Å²) in [6.45, 7) is 5.95. The Morgan fingerprint density at radius 1 is 1.04 bits per heavy atom. The molecule has 0 bridgehead atoms. The normalized spacial score (nSPS) is 11.9. The average Bonchev–Trinajstić information content (AvgIpc) is 2.51. The quantitative estimate of drug-likeness (QED) is 0.878. The number of hydrogen-bond donors (Lipinski definition) is 2. The Morgan fingerprint density at radius 3 is 2.43 bits per heavy atom. The van der Waals surface area contributed by atoms with Crippen molar-refractivity contribution in [3.05, 3.63) is 64.7 Å². The first-order valence-electron chi connectivity index (χ1n) is 7.42. The second-order valence-corrected chi connectivity index (χ2v) is 5.62. The number of benzene rings is 2. The van der Waals surface area contributed by atoms with Crippen molar-refractivity contribution < 1.29 is 13.6 Å². The lowest BCUT2D eigenvalue weighted by atomic mass is 10.0. The minimum atomic E-state index is -0.945. The molecular formula is C18H20F2N2O. The number of hydrogen-bond acceptors (Lipinski definition) is 2. The van der Waals surface area contributed by atoms with Gasteiger partial charge in [0.1, 0.15) is 0 Å². The highest BCUT2D eigenvalue weighted by atomic mass is 19.2. The average molecular weight is 318 g/mol. The summed E-state index contributed by atoms with van der Waals surface area (Å²) < 4.78 is 25.9. The minimum Gasteiger partial charge on any atom is -0.376 e. The van der Waals surface area contributed by atoms with E-state index in [0.29, 0.717) is 5.69 Å². The fourth-order valence-electron chi connectivity index (χ4n) is 2.20. The summed E-state index contributed by atoms with van der Waals surface area (Å²) >= 11 is 0. The maximum Gasteiger partial charge on any atom is 0.239 e. The molecule has 2 N–H and O–H groups in total. The summed E-state index contributed by atoms with van der Waals surface area (Å²) in [5, 5.41) is 5.64. The van der Waals surface area contributed by atoms with Crippen LogP contribution < -0.4 is 10.6 Å². The van der Waals surface area contributed by atoms with Gasteiger partial charge in [-0.25, -0.2) is 8.78 Å². The van der Waals surface area contributed by atoms with Crippen molar-refractivity contribution in [2.75, 3.05) is 11.9 Å². The summed E-state index contributed by atoms with van der Waals surface area (Å²) in [4.78, 5) is 12.0. The monoisotopic (exact) mass is 318 g/mol. The fourth-order valence-corrected chi connectivity index (χ4v) is 2.20. The molecular weight excluding hydrogens is 298 g/mol. The third-order valence-electron chi connectivity index (χ3n) is 3.78. The molecule has 0 saturated heterocycles. The van der Waals surface area contributed by atoms with Crippen LogP contribution in [0.3, 0.4) is 0 Å². The number of halogens is 2. The number of anilines is 1. The zero-order chi connectivity index (χ0) is 17.0. The minimum absolute atomic E-state index is 0.0136. The SMILES string of the molecule is Cc1ccc(C(C)NC(=O)CNc2ccc(F)c(F)c2)cc1C. The zero-order valence-electron chi connectivity index (χ0n) is 13.4. The van der Waals surface area contributed by atoms with Gasteiger partial charge in [-0.1, -0.05) is 18.2 Å². The van der Waals surface area contributed by atoms with Gasteiger partial charge in [-0.3, -0.25) is 4.79 Å². The first-order valence-corrected chi connectivity index (χ1v) is 7.42. The largest absolute Gasteiger partial charge is 0.376 e. The predicted molar refractivity (Wildman–Crippen MR) is 87.3 cm³/mol. The Hall–Kier alpha value is -2.43. The van der Waals surface area contributed by atoms with Crippen LogP contribution in [-0.2, 0) is 4.79 Å². The molecule has 2 rings (SSSR count). The Balaban J connectivity index is 1.90. The topological polar surface area (TPSA) is 41.1 Å². The molecule has 0 aromatic heterocycles. The van der Waals surface area contributed by atoms with Crippen molar-refractivity contribution in [2.24, 2.45) is 0 Å². The summed E-state index contributed by atoms with van der Waals surface area (Å²) in [7, 11) is 0. The van der Waals surface area contributed by atoms with Crippen LogP contribution in [0.25, 0.3) is 0 Å². The highest BCUT2D eigenvalue weighted by Crippen LogP contribution is 2.17. The third kappa shape index (κ3) is 4.52. The molecule has 0 aliphatic rings. The summed E-state index contributed by atoms with van der Waals surface area (Å²) in [6, 6.07) is 9.35. The molecule has 1 atom stereocenters. The van der Waals surface area contributed by atoms with E-state index in [1.54, 1.807) is 0 Å². The van der Waals surface area contributed by atoms with Gasteiger partial charge in [0.2, 0.25) is 5.91 Å². The van der Waals surface area contributed by atoms with Crippen LogP contribution in [0.4, 0.5) is 14.5 Å². The van der Waals surface area contributed by atoms with E-state index in [1.165, 1.54) is 17.2 Å². The Kier molecular flexibility index (Phi) is 5.32. The maximum absolute atomic E-state index is 13.1. The number of aryl methyl sites for hydroxylation is 2. The molecule has 0 saturated carbocycles. The molecule has 3 nitrogen and oxygen atoms in total. The van der Waals surface area contributed by atoms with Crippen molar-refractivity contribution in [2.45, 2.75) is 26.8 Å². The van der Waals surface area contributed by atoms with Crippen LogP contribution in [-0.4, -0.2) is 12.5 Å². The summed E-state index contributed by atoms with van der Waals surface area (Å²) in [5.74, 6) is -2.08. The maximum atomic E-state index is 13.1. The van der Waals surface area contributed by atoms with Gasteiger partial charge in [0.25, 0.3) is 0 Å². The van der Waals surface area contributed by atoms with E-state index in [0.717, 1.165) is 17.7 Å². The lowest BCUT2D eigenvalue weighted by Crippen LogP contribution is -2.32. The first-order chi connectivity index (χ1) is 10.9. The van der Waals surface area contributed by atoms with Crippen LogP contribution in [0.2, 0.25) is 0 Å². The summed E-state index contributed by atoms with van der Waals surface area (Å²) in [6.07, 6.45) is 0. The van der Waals surface area contributed by atoms with Crippen molar-refractivity contribution in [1.82, 2.24) is 5.32 Å². The van der Waals surface area contributed by atoms with Crippen LogP contribution in [0, 0.1) is 25.5 Å². The number of nitrogens with one attached hydrogen (secondary N) is 2. The Morgan fingerprint density at radius 2 is 1.78 bits per heavy atom. The van der Waals surface area contributed by atoms with Gasteiger partial charge in [0, 0.05) is 11.8 Å². The summed E-state index contributed by atoms with van der Waals surface area (Å²) in [5.41, 5.74) is 3.75. The molecule has 1 amide bonds. The molecule has 0 radical (unpaired) electrons. The van der Waals surface area contributed by atoms with Crippen molar-refractivity contribution in [1.29, 1.82) is 0 Å². The van der Waals surface area contributed by atoms with E-state index in [1.807, 2.05) is 39.0 Å². The molecule has 23 heavy (non-hydrogen) atoms. The van der Waals surface area contributed by atoms with Crippen LogP contribution >= 0.6 is 0 Å². The molecule has 1 unspecified atom stereocenters. The zero-order valence-corrected chi connectivity index (χ0v) is 13.4. The molecule has 0 fully saturated rings. The molecule has 0 aliphatic heterocycles. The van der Waals surface area contributed by atoms with Gasteiger partial charge in [0.05, 0.1) is 12.6 Å². The molecule has 0 heterocycles. The molecule has 2 aromatic carbocycles. The van der Waals surface area contributed by atoms with Crippen LogP contribution in [0.15, 0.2) is 36.4 Å². The highest BCUT2D eigenvalue weighted by molar-refractivity contribution is 5.81. The number of amides is 1. The van der Waals surface area contributed by atoms with Crippen molar-refractivity contribution in [3.63, 3.8) is 0 Å². The molecule has 0 spiro atoms. The van der Waals surface area contributed by atoms with E-state index >= 15 is 0 Å². The van der Waals surface area contributed by atoms with Crippen molar-refractivity contribution in [3.8, 4) is 0 Å². The van der Waals surface area contributed by atoms with E-state index in [4.69, 9.17) is 0 Å². The van der Waals surface area contributed by atoms with Crippen LogP contribution in [0.1, 0.15) is 29.7 Å². The first kappa shape index (κ1) is 16.9. The van der Waals surface area contributed by atoms with Crippen molar-refractivity contribution >= 4 is 11.6 Å². The Labute approximate surface area is 134 Å². The van der Waals surface area contributed by atoms with Gasteiger partial charge < -0.3 is 10.6 Å². The van der Waals surface area contributed by atoms with Crippen LogP contribution in [0.5, 0.6) is 0 Å². The predicted octanol–water partition coefficient (Wildman–Crippen LogP) is 3.87. The van der Waals surface area contributed by atoms with E-state index < -0.39 is 11.6 Å². The van der Waals surface area contributed by atoms with E-state index in [2.05, 4.69) is 10.6 Å². The second-order valence-electron chi connectivity index (χ2n) is 5.62. The molecule has 0 aliphatic carbocycles. The lowest BCUT2D eigenvalue weighted by molar-refractivity contribution is -0.120.